The summed E-state index contributed by atoms with van der Waals surface area (Å²) in [4.78, 5) is 38.0. The number of oxime groups is 1. The molecular weight excluding hydrogens is 492 g/mol. The Bertz CT molecular complexity index is 1270. The van der Waals surface area contributed by atoms with Crippen molar-refractivity contribution >= 4 is 22.7 Å². The highest BCUT2D eigenvalue weighted by Crippen LogP contribution is 2.48. The summed E-state index contributed by atoms with van der Waals surface area (Å²) >= 11 is 0. The van der Waals surface area contributed by atoms with Crippen LogP contribution in [0.25, 0.3) is 11.0 Å². The van der Waals surface area contributed by atoms with E-state index in [9.17, 15) is 14.7 Å². The lowest BCUT2D eigenvalue weighted by molar-refractivity contribution is -0.136. The molecule has 6 rings (SSSR count). The van der Waals surface area contributed by atoms with E-state index in [1.165, 1.54) is 58.5 Å². The molecule has 2 aromatic rings. The van der Waals surface area contributed by atoms with Gasteiger partial charge in [-0.25, -0.2) is 4.98 Å². The molecule has 8 nitrogen and oxygen atoms in total. The molecule has 1 N–H and O–H groups in total. The Morgan fingerprint density at radius 2 is 1.67 bits per heavy atom. The highest BCUT2D eigenvalue weighted by atomic mass is 16.6. The molecule has 0 amide bonds. The van der Waals surface area contributed by atoms with Crippen LogP contribution in [0.5, 0.6) is 0 Å². The molecule has 4 fully saturated rings. The van der Waals surface area contributed by atoms with Crippen molar-refractivity contribution in [3.8, 4) is 0 Å². The summed E-state index contributed by atoms with van der Waals surface area (Å²) < 4.78 is 1.96. The molecular formula is C31H42N4O4. The lowest BCUT2D eigenvalue weighted by Gasteiger charge is -2.55. The first-order valence-electron chi connectivity index (χ1n) is 15.0. The minimum Gasteiger partial charge on any atom is -0.481 e. The molecule has 2 aliphatic carbocycles. The summed E-state index contributed by atoms with van der Waals surface area (Å²) in [6, 6.07) is 9.59. The summed E-state index contributed by atoms with van der Waals surface area (Å²) in [6.45, 7) is 2.44. The van der Waals surface area contributed by atoms with Crippen LogP contribution in [0.2, 0.25) is 0 Å². The molecule has 1 aromatic heterocycles. The molecule has 2 aliphatic heterocycles. The molecule has 210 valence electrons. The quantitative estimate of drug-likeness (QED) is 0.378. The number of para-hydroxylation sites is 2. The third-order valence-corrected chi connectivity index (χ3v) is 9.99. The van der Waals surface area contributed by atoms with E-state index in [4.69, 9.17) is 4.84 Å². The second-order valence-electron chi connectivity index (χ2n) is 12.7. The number of hydrogen-bond donors (Lipinski definition) is 1. The number of benzene rings is 1. The molecule has 3 unspecified atom stereocenters. The highest BCUT2D eigenvalue weighted by molar-refractivity contribution is 6.00. The zero-order chi connectivity index (χ0) is 27.1. The molecule has 39 heavy (non-hydrogen) atoms. The average Bonchev–Trinajstić information content (AvgIpc) is 2.89. The van der Waals surface area contributed by atoms with E-state index in [0.717, 1.165) is 41.6 Å². The predicted octanol–water partition coefficient (Wildman–Crippen LogP) is 5.38. The van der Waals surface area contributed by atoms with Gasteiger partial charge in [-0.2, -0.15) is 0 Å². The van der Waals surface area contributed by atoms with E-state index in [1.54, 1.807) is 0 Å². The Labute approximate surface area is 230 Å². The number of nitrogens with zero attached hydrogens (tertiary/aromatic N) is 4. The van der Waals surface area contributed by atoms with Crippen molar-refractivity contribution in [1.29, 1.82) is 0 Å². The lowest BCUT2D eigenvalue weighted by Crippen LogP contribution is -2.59. The molecule has 1 aromatic carbocycles. The summed E-state index contributed by atoms with van der Waals surface area (Å²) in [5, 5.41) is 13.3. The molecule has 2 saturated carbocycles. The molecule has 3 heterocycles. The Hall–Kier alpha value is -2.74. The van der Waals surface area contributed by atoms with Crippen molar-refractivity contribution in [2.45, 2.75) is 108 Å². The maximum absolute atomic E-state index is 14.1. The van der Waals surface area contributed by atoms with Gasteiger partial charge in [0.05, 0.1) is 17.5 Å². The number of aliphatic carboxylic acids is 1. The third kappa shape index (κ3) is 5.24. The number of aromatic nitrogens is 2. The van der Waals surface area contributed by atoms with Crippen LogP contribution in [0, 0.1) is 17.8 Å². The first-order chi connectivity index (χ1) is 18.9. The van der Waals surface area contributed by atoms with E-state index in [0.29, 0.717) is 23.8 Å². The van der Waals surface area contributed by atoms with Crippen molar-refractivity contribution in [3.63, 3.8) is 0 Å². The largest absolute Gasteiger partial charge is 0.481 e. The number of hydrogen-bond acceptors (Lipinski definition) is 6. The van der Waals surface area contributed by atoms with E-state index in [2.05, 4.69) is 22.0 Å². The number of carbonyl (C=O) groups is 1. The van der Waals surface area contributed by atoms with Gasteiger partial charge in [0.15, 0.2) is 5.69 Å². The van der Waals surface area contributed by atoms with Crippen LogP contribution in [0.15, 0.2) is 34.2 Å². The summed E-state index contributed by atoms with van der Waals surface area (Å²) in [5.74, 6) is 1.70. The van der Waals surface area contributed by atoms with Gasteiger partial charge in [0.2, 0.25) is 0 Å². The maximum atomic E-state index is 14.1. The molecule has 0 radical (unpaired) electrons. The van der Waals surface area contributed by atoms with Crippen LogP contribution < -0.4 is 5.56 Å². The second kappa shape index (κ2) is 11.0. The minimum atomic E-state index is -0.943. The van der Waals surface area contributed by atoms with Crippen LogP contribution >= 0.6 is 0 Å². The van der Waals surface area contributed by atoms with Gasteiger partial charge >= 0.3 is 5.97 Å². The first-order valence-corrected chi connectivity index (χ1v) is 15.0. The second-order valence-corrected chi connectivity index (χ2v) is 12.7. The fourth-order valence-electron chi connectivity index (χ4n) is 8.84. The summed E-state index contributed by atoms with van der Waals surface area (Å²) in [6.07, 6.45) is 12.5. The van der Waals surface area contributed by atoms with Gasteiger partial charge in [-0.15, -0.1) is 0 Å². The maximum Gasteiger partial charge on any atom is 0.303 e. The van der Waals surface area contributed by atoms with Gasteiger partial charge in [-0.1, -0.05) is 30.6 Å². The third-order valence-electron chi connectivity index (χ3n) is 9.99. The average molecular weight is 535 g/mol. The summed E-state index contributed by atoms with van der Waals surface area (Å²) in [5.41, 5.74) is 1.89. The molecule has 5 atom stereocenters. The van der Waals surface area contributed by atoms with Crippen LogP contribution in [0.1, 0.15) is 95.7 Å². The minimum absolute atomic E-state index is 0.0853. The van der Waals surface area contributed by atoms with E-state index < -0.39 is 5.97 Å². The predicted molar refractivity (Wildman–Crippen MR) is 151 cm³/mol. The van der Waals surface area contributed by atoms with Crippen LogP contribution in [0.4, 0.5) is 0 Å². The number of rotatable bonds is 7. The topological polar surface area (TPSA) is 97.0 Å². The van der Waals surface area contributed by atoms with E-state index >= 15 is 0 Å². The van der Waals surface area contributed by atoms with E-state index in [-0.39, 0.29) is 30.1 Å². The highest BCUT2D eigenvalue weighted by Gasteiger charge is 2.46. The molecule has 4 aliphatic rings. The van der Waals surface area contributed by atoms with Gasteiger partial charge in [0, 0.05) is 30.6 Å². The van der Waals surface area contributed by atoms with Crippen molar-refractivity contribution in [3.05, 3.63) is 40.3 Å². The number of piperidine rings is 2. The van der Waals surface area contributed by atoms with Crippen molar-refractivity contribution in [2.24, 2.45) is 22.9 Å². The monoisotopic (exact) mass is 534 g/mol. The molecule has 2 saturated heterocycles. The van der Waals surface area contributed by atoms with Crippen LogP contribution in [-0.2, 0) is 9.63 Å². The number of fused-ring (bicyclic) bond motifs is 5. The van der Waals surface area contributed by atoms with Crippen LogP contribution in [-0.4, -0.2) is 56.5 Å². The molecule has 8 heteroatoms. The van der Waals surface area contributed by atoms with Gasteiger partial charge in [-0.3, -0.25) is 14.5 Å². The van der Waals surface area contributed by atoms with Gasteiger partial charge < -0.3 is 14.5 Å². The van der Waals surface area contributed by atoms with Crippen molar-refractivity contribution in [2.75, 3.05) is 7.11 Å². The van der Waals surface area contributed by atoms with Crippen LogP contribution in [0.3, 0.4) is 0 Å². The zero-order valence-corrected chi connectivity index (χ0v) is 23.3. The Morgan fingerprint density at radius 3 is 2.33 bits per heavy atom. The Kier molecular flexibility index (Phi) is 7.49. The first kappa shape index (κ1) is 26.5. The van der Waals surface area contributed by atoms with E-state index in [1.807, 2.05) is 28.8 Å². The smallest absolute Gasteiger partial charge is 0.303 e. The lowest BCUT2D eigenvalue weighted by atomic mass is 9.65. The number of carboxylic acid groups (broad SMARTS) is 1. The fraction of sp³-hybridized carbons (Fsp3) is 0.677. The zero-order valence-electron chi connectivity index (χ0n) is 23.3. The SMILES string of the molecule is CON=C(CCC(=O)O)c1nc2ccccc2n(C2C[C@H]3CCC[C@@H](C2)N3C2CC3CC(C)CC(C3)C2)c1=O. The van der Waals surface area contributed by atoms with Gasteiger partial charge in [0.1, 0.15) is 12.8 Å². The standard InChI is InChI=1S/C31H42N4O4/c1-19-12-20-14-21(13-19)16-24(15-20)34-22-6-5-7-23(34)18-25(17-22)35-28-9-4-3-8-26(28)32-30(31(35)38)27(33-39-2)10-11-29(36)37/h3-4,8-9,19-25H,5-7,10-18H2,1-2H3,(H,36,37)/t19?,20?,21?,22-,23+,24?,25?. The molecule has 0 spiro atoms. The van der Waals surface area contributed by atoms with Crippen molar-refractivity contribution in [1.82, 2.24) is 14.5 Å². The molecule has 4 bridgehead atoms. The van der Waals surface area contributed by atoms with Gasteiger partial charge in [0.25, 0.3) is 5.56 Å². The number of carboxylic acids is 1. The van der Waals surface area contributed by atoms with Gasteiger partial charge in [-0.05, 0) is 87.7 Å². The Balaban J connectivity index is 1.33. The summed E-state index contributed by atoms with van der Waals surface area (Å²) in [7, 11) is 1.41. The normalized spacial score (nSPS) is 33.2. The van der Waals surface area contributed by atoms with Crippen molar-refractivity contribution < 1.29 is 14.7 Å². The fourth-order valence-corrected chi connectivity index (χ4v) is 8.84. The Morgan fingerprint density at radius 1 is 0.974 bits per heavy atom.